The predicted molar refractivity (Wildman–Crippen MR) is 342 cm³/mol. The molecule has 0 saturated heterocycles. The van der Waals surface area contributed by atoms with Gasteiger partial charge in [-0.3, -0.25) is 0 Å². The SMILES string of the molecule is c1ccc(-c2cc(-c3ccccc3)nc(-c3ccc(-c4c5ccccc5nc5c4sc4ccccc45)cc3)n2)cc1.c1ccc(-c2nc(-c3ccccc3)nc(-c3cccc(-c4c5ccccc5nc5c4sc4ccccc45)c3)n2)cc1. The lowest BCUT2D eigenvalue weighted by molar-refractivity contribution is 1.07. The maximum Gasteiger partial charge on any atom is 0.164 e. The molecule has 9 heteroatoms. The van der Waals surface area contributed by atoms with Crippen molar-refractivity contribution in [2.75, 3.05) is 0 Å². The molecule has 384 valence electrons. The lowest BCUT2D eigenvalue weighted by Crippen LogP contribution is -2.00. The third-order valence-corrected chi connectivity index (χ3v) is 17.2. The van der Waals surface area contributed by atoms with E-state index < -0.39 is 0 Å². The van der Waals surface area contributed by atoms with Crippen LogP contribution in [0.3, 0.4) is 0 Å². The molecule has 0 fully saturated rings. The second kappa shape index (κ2) is 21.0. The fourth-order valence-corrected chi connectivity index (χ4v) is 13.3. The Morgan fingerprint density at radius 3 is 1.05 bits per heavy atom. The van der Waals surface area contributed by atoms with Crippen LogP contribution in [-0.4, -0.2) is 34.9 Å². The molecular weight excluding hydrogens is 1040 g/mol. The number of rotatable bonds is 8. The maximum absolute atomic E-state index is 5.10. The van der Waals surface area contributed by atoms with Crippen LogP contribution in [-0.2, 0) is 0 Å². The number of hydrogen-bond donors (Lipinski definition) is 0. The zero-order valence-electron chi connectivity index (χ0n) is 43.9. The van der Waals surface area contributed by atoms with E-state index >= 15 is 0 Å². The molecule has 0 atom stereocenters. The van der Waals surface area contributed by atoms with E-state index in [1.165, 1.54) is 40.7 Å². The highest BCUT2D eigenvalue weighted by Crippen LogP contribution is 2.45. The Morgan fingerprint density at radius 1 is 0.220 bits per heavy atom. The lowest BCUT2D eigenvalue weighted by atomic mass is 9.98. The van der Waals surface area contributed by atoms with Gasteiger partial charge in [-0.25, -0.2) is 34.9 Å². The fourth-order valence-electron chi connectivity index (χ4n) is 10.9. The fraction of sp³-hybridized carbons (Fsp3) is 0. The number of benzene rings is 10. The summed E-state index contributed by atoms with van der Waals surface area (Å²) in [6.45, 7) is 0. The minimum absolute atomic E-state index is 0.644. The van der Waals surface area contributed by atoms with Gasteiger partial charge in [-0.1, -0.05) is 237 Å². The summed E-state index contributed by atoms with van der Waals surface area (Å²) >= 11 is 3.61. The Labute approximate surface area is 480 Å². The van der Waals surface area contributed by atoms with E-state index in [1.54, 1.807) is 11.3 Å². The van der Waals surface area contributed by atoms with Crippen molar-refractivity contribution in [2.24, 2.45) is 0 Å². The van der Waals surface area contributed by atoms with Crippen LogP contribution in [0.1, 0.15) is 0 Å². The van der Waals surface area contributed by atoms with Crippen molar-refractivity contribution in [3.05, 3.63) is 273 Å². The van der Waals surface area contributed by atoms with Crippen LogP contribution in [0.4, 0.5) is 0 Å². The van der Waals surface area contributed by atoms with Crippen molar-refractivity contribution in [1.82, 2.24) is 34.9 Å². The summed E-state index contributed by atoms with van der Waals surface area (Å²) in [7, 11) is 0. The van der Waals surface area contributed by atoms with E-state index in [9.17, 15) is 0 Å². The van der Waals surface area contributed by atoms with Gasteiger partial charge in [0.05, 0.1) is 42.9 Å². The summed E-state index contributed by atoms with van der Waals surface area (Å²) < 4.78 is 4.89. The first kappa shape index (κ1) is 48.7. The van der Waals surface area contributed by atoms with Crippen LogP contribution >= 0.6 is 22.7 Å². The second-order valence-electron chi connectivity index (χ2n) is 20.0. The van der Waals surface area contributed by atoms with Gasteiger partial charge in [0.15, 0.2) is 23.3 Å². The van der Waals surface area contributed by atoms with Crippen LogP contribution in [0, 0.1) is 0 Å². The molecule has 0 spiro atoms. The zero-order chi connectivity index (χ0) is 54.3. The number of aromatic nitrogens is 7. The van der Waals surface area contributed by atoms with Gasteiger partial charge in [-0.15, -0.1) is 22.7 Å². The molecule has 0 saturated carbocycles. The Kier molecular flexibility index (Phi) is 12.4. The molecule has 16 rings (SSSR count). The summed E-state index contributed by atoms with van der Waals surface area (Å²) in [5, 5.41) is 4.69. The van der Waals surface area contributed by atoms with E-state index in [4.69, 9.17) is 34.9 Å². The Hall–Kier alpha value is -10.5. The summed E-state index contributed by atoms with van der Waals surface area (Å²) in [4.78, 5) is 35.0. The highest BCUT2D eigenvalue weighted by Gasteiger charge is 2.20. The van der Waals surface area contributed by atoms with Gasteiger partial charge in [0, 0.05) is 75.5 Å². The van der Waals surface area contributed by atoms with Crippen LogP contribution in [0.15, 0.2) is 273 Å². The molecule has 0 radical (unpaired) electrons. The molecule has 0 amide bonds. The van der Waals surface area contributed by atoms with Crippen molar-refractivity contribution in [3.63, 3.8) is 0 Å². The number of thiophene rings is 2. The molecule has 7 nitrogen and oxygen atoms in total. The molecule has 0 aliphatic rings. The normalized spacial score (nSPS) is 11.4. The van der Waals surface area contributed by atoms with Crippen LogP contribution in [0.25, 0.3) is 153 Å². The maximum atomic E-state index is 5.10. The Bertz CT molecular complexity index is 4910. The monoisotopic (exact) mass is 1080 g/mol. The topological polar surface area (TPSA) is 90.2 Å². The Morgan fingerprint density at radius 2 is 0.561 bits per heavy atom. The largest absolute Gasteiger partial charge is 0.246 e. The van der Waals surface area contributed by atoms with Gasteiger partial charge < -0.3 is 0 Å². The number of hydrogen-bond acceptors (Lipinski definition) is 9. The highest BCUT2D eigenvalue weighted by molar-refractivity contribution is 7.26. The van der Waals surface area contributed by atoms with E-state index in [-0.39, 0.29) is 0 Å². The number of fused-ring (bicyclic) bond motifs is 8. The first-order valence-electron chi connectivity index (χ1n) is 27.1. The molecule has 6 heterocycles. The van der Waals surface area contributed by atoms with E-state index in [0.717, 1.165) is 88.7 Å². The van der Waals surface area contributed by atoms with Crippen molar-refractivity contribution in [1.29, 1.82) is 0 Å². The van der Waals surface area contributed by atoms with Crippen molar-refractivity contribution >= 4 is 85.1 Å². The third-order valence-electron chi connectivity index (χ3n) is 14.8. The summed E-state index contributed by atoms with van der Waals surface area (Å²) in [5.74, 6) is 2.66. The molecule has 16 aromatic rings. The quantitative estimate of drug-likeness (QED) is 0.150. The summed E-state index contributed by atoms with van der Waals surface area (Å²) in [6.07, 6.45) is 0. The third kappa shape index (κ3) is 9.10. The van der Waals surface area contributed by atoms with Gasteiger partial charge in [0.25, 0.3) is 0 Å². The van der Waals surface area contributed by atoms with Gasteiger partial charge >= 0.3 is 0 Å². The standard InChI is InChI=1S/C37H23N3S.C36H22N4S/c1-3-11-24(12-4-1)31-23-32(25-13-5-2-6-14-25)40-37(39-31)27-21-19-26(20-22-27)34-28-15-7-9-17-30(28)38-35-29-16-8-10-18-33(29)41-36(34)35;1-3-12-23(13-4-1)34-38-35(24-14-5-2-6-15-24)40-36(39-34)26-17-11-16-25(22-26)31-27-18-7-9-20-29(27)37-32-28-19-8-10-21-30(28)41-33(31)32/h1-23H;1-22H. The van der Waals surface area contributed by atoms with Gasteiger partial charge in [0.2, 0.25) is 0 Å². The van der Waals surface area contributed by atoms with Crippen molar-refractivity contribution in [2.45, 2.75) is 0 Å². The van der Waals surface area contributed by atoms with E-state index in [0.29, 0.717) is 23.3 Å². The first-order valence-corrected chi connectivity index (χ1v) is 28.8. The average Bonchev–Trinajstić information content (AvgIpc) is 3.59. The second-order valence-corrected chi connectivity index (χ2v) is 22.1. The molecule has 10 aromatic carbocycles. The average molecular weight is 1080 g/mol. The van der Waals surface area contributed by atoms with Crippen LogP contribution < -0.4 is 0 Å². The molecule has 0 bridgehead atoms. The molecule has 82 heavy (non-hydrogen) atoms. The van der Waals surface area contributed by atoms with Crippen LogP contribution in [0.5, 0.6) is 0 Å². The first-order chi connectivity index (χ1) is 40.6. The minimum Gasteiger partial charge on any atom is -0.246 e. The predicted octanol–water partition coefficient (Wildman–Crippen LogP) is 19.5. The zero-order valence-corrected chi connectivity index (χ0v) is 45.6. The number of nitrogens with zero attached hydrogens (tertiary/aromatic N) is 7. The van der Waals surface area contributed by atoms with Crippen molar-refractivity contribution < 1.29 is 0 Å². The van der Waals surface area contributed by atoms with Crippen LogP contribution in [0.2, 0.25) is 0 Å². The molecule has 0 aliphatic carbocycles. The van der Waals surface area contributed by atoms with Crippen molar-refractivity contribution in [3.8, 4) is 90.3 Å². The minimum atomic E-state index is 0.644. The van der Waals surface area contributed by atoms with E-state index in [2.05, 4.69) is 176 Å². The molecule has 0 N–H and O–H groups in total. The van der Waals surface area contributed by atoms with E-state index in [1.807, 2.05) is 108 Å². The smallest absolute Gasteiger partial charge is 0.164 e. The molecule has 0 aliphatic heterocycles. The molecular formula is C73H45N7S2. The highest BCUT2D eigenvalue weighted by atomic mass is 32.1. The molecule has 0 unspecified atom stereocenters. The van der Waals surface area contributed by atoms with Gasteiger partial charge in [0.1, 0.15) is 0 Å². The molecule has 6 aromatic heterocycles. The lowest BCUT2D eigenvalue weighted by Gasteiger charge is -2.11. The van der Waals surface area contributed by atoms with Gasteiger partial charge in [-0.2, -0.15) is 0 Å². The number of pyridine rings is 2. The summed E-state index contributed by atoms with van der Waals surface area (Å²) in [5.41, 5.74) is 16.6. The van der Waals surface area contributed by atoms with Gasteiger partial charge in [-0.05, 0) is 47.5 Å². The number of para-hydroxylation sites is 2. The Balaban J connectivity index is 0.000000140. The summed E-state index contributed by atoms with van der Waals surface area (Å²) in [6, 6.07) is 93.9.